The van der Waals surface area contributed by atoms with Gasteiger partial charge in [-0.1, -0.05) is 11.6 Å². The molecule has 2 N–H and O–H groups in total. The molecule has 3 aromatic rings. The van der Waals surface area contributed by atoms with Gasteiger partial charge in [0.1, 0.15) is 5.82 Å². The van der Waals surface area contributed by atoms with Crippen LogP contribution in [0, 0.1) is 13.8 Å². The Kier molecular flexibility index (Phi) is 2.95. The second-order valence-corrected chi connectivity index (χ2v) is 7.69. The van der Waals surface area contributed by atoms with Crippen molar-refractivity contribution in [1.29, 1.82) is 0 Å². The topological polar surface area (TPSA) is 88.0 Å². The van der Waals surface area contributed by atoms with Gasteiger partial charge in [0.15, 0.2) is 0 Å². The van der Waals surface area contributed by atoms with Crippen LogP contribution >= 0.6 is 0 Å². The van der Waals surface area contributed by atoms with Gasteiger partial charge >= 0.3 is 0 Å². The third-order valence-corrected chi connectivity index (χ3v) is 5.31. The monoisotopic (exact) mass is 331 g/mol. The average molecular weight is 331 g/mol. The molecule has 1 aliphatic rings. The first-order chi connectivity index (χ1) is 10.8. The van der Waals surface area contributed by atoms with Crippen LogP contribution in [0.5, 0.6) is 0 Å². The maximum atomic E-state index is 11.4. The van der Waals surface area contributed by atoms with E-state index in [1.807, 2.05) is 30.5 Å². The third-order valence-electron chi connectivity index (χ3n) is 4.51. The summed E-state index contributed by atoms with van der Waals surface area (Å²) in [6, 6.07) is 5.83. The maximum Gasteiger partial charge on any atom is 0.266 e. The van der Waals surface area contributed by atoms with E-state index in [9.17, 15) is 13.0 Å². The Morgan fingerprint density at radius 3 is 2.91 bits per heavy atom. The zero-order valence-electron chi connectivity index (χ0n) is 12.9. The predicted octanol–water partition coefficient (Wildman–Crippen LogP) is 2.63. The largest absolute Gasteiger partial charge is 0.353 e. The molecule has 7 heteroatoms. The van der Waals surface area contributed by atoms with Crippen molar-refractivity contribution in [3.8, 4) is 11.4 Å². The SMILES string of the molecule is Cc1ccc2[nH]c3c(c2c1)CC(CS(=O)(=O)O)n1c-3cnc1C. The number of hydrogen-bond acceptors (Lipinski definition) is 3. The first kappa shape index (κ1) is 14.5. The van der Waals surface area contributed by atoms with Gasteiger partial charge in [-0.05, 0) is 38.0 Å². The van der Waals surface area contributed by atoms with Crippen molar-refractivity contribution < 1.29 is 13.0 Å². The van der Waals surface area contributed by atoms with Crippen molar-refractivity contribution >= 4 is 21.0 Å². The molecule has 1 unspecified atom stereocenters. The molecule has 0 aliphatic carbocycles. The molecule has 4 rings (SSSR count). The molecule has 6 nitrogen and oxygen atoms in total. The predicted molar refractivity (Wildman–Crippen MR) is 88.2 cm³/mol. The standard InChI is InChI=1S/C16H17N3O3S/c1-9-3-4-14-12(5-9)13-6-11(8-23(20,21)22)19-10(2)17-7-15(19)16(13)18-14/h3-5,7,11,18H,6,8H2,1-2H3,(H,20,21,22). The summed E-state index contributed by atoms with van der Waals surface area (Å²) >= 11 is 0. The number of nitrogens with zero attached hydrogens (tertiary/aromatic N) is 2. The summed E-state index contributed by atoms with van der Waals surface area (Å²) in [6.45, 7) is 3.88. The summed E-state index contributed by atoms with van der Waals surface area (Å²) in [6.07, 6.45) is 2.30. The molecule has 2 aromatic heterocycles. The fraction of sp³-hybridized carbons (Fsp3) is 0.312. The van der Waals surface area contributed by atoms with Crippen LogP contribution in [-0.4, -0.2) is 33.3 Å². The van der Waals surface area contributed by atoms with Crippen molar-refractivity contribution in [3.63, 3.8) is 0 Å². The quantitative estimate of drug-likeness (QED) is 0.707. The fourth-order valence-electron chi connectivity index (χ4n) is 3.59. The Bertz CT molecular complexity index is 1030. The van der Waals surface area contributed by atoms with Crippen LogP contribution in [0.1, 0.15) is 23.0 Å². The van der Waals surface area contributed by atoms with Crippen LogP contribution in [0.3, 0.4) is 0 Å². The lowest BCUT2D eigenvalue weighted by atomic mass is 9.97. The smallest absolute Gasteiger partial charge is 0.266 e. The van der Waals surface area contributed by atoms with Gasteiger partial charge in [-0.3, -0.25) is 4.55 Å². The van der Waals surface area contributed by atoms with Crippen molar-refractivity contribution in [3.05, 3.63) is 41.3 Å². The Balaban J connectivity index is 1.97. The molecule has 1 atom stereocenters. The maximum absolute atomic E-state index is 11.4. The number of aromatic amines is 1. The van der Waals surface area contributed by atoms with Crippen molar-refractivity contribution in [2.45, 2.75) is 26.3 Å². The number of rotatable bonds is 2. The van der Waals surface area contributed by atoms with E-state index in [4.69, 9.17) is 0 Å². The Morgan fingerprint density at radius 1 is 1.39 bits per heavy atom. The summed E-state index contributed by atoms with van der Waals surface area (Å²) in [7, 11) is -4.07. The minimum Gasteiger partial charge on any atom is -0.353 e. The fourth-order valence-corrected chi connectivity index (χ4v) is 4.35. The number of aromatic nitrogens is 3. The van der Waals surface area contributed by atoms with E-state index in [1.165, 1.54) is 0 Å². The van der Waals surface area contributed by atoms with Gasteiger partial charge in [0.05, 0.1) is 29.4 Å². The molecule has 0 spiro atoms. The molecule has 0 saturated heterocycles. The molecule has 0 radical (unpaired) electrons. The Hall–Kier alpha value is -2.12. The molecule has 0 fully saturated rings. The second kappa shape index (κ2) is 4.69. The zero-order chi connectivity index (χ0) is 16.4. The van der Waals surface area contributed by atoms with Gasteiger partial charge in [0.2, 0.25) is 0 Å². The lowest BCUT2D eigenvalue weighted by Gasteiger charge is -2.26. The summed E-state index contributed by atoms with van der Waals surface area (Å²) in [5.74, 6) is 0.434. The van der Waals surface area contributed by atoms with Crippen LogP contribution in [0.4, 0.5) is 0 Å². The van der Waals surface area contributed by atoms with Crippen molar-refractivity contribution in [2.24, 2.45) is 0 Å². The van der Waals surface area contributed by atoms with Crippen LogP contribution in [0.2, 0.25) is 0 Å². The molecule has 0 bridgehead atoms. The van der Waals surface area contributed by atoms with Crippen LogP contribution in [0.15, 0.2) is 24.4 Å². The highest BCUT2D eigenvalue weighted by molar-refractivity contribution is 7.85. The molecule has 23 heavy (non-hydrogen) atoms. The molecular formula is C16H17N3O3S. The van der Waals surface area contributed by atoms with E-state index in [2.05, 4.69) is 16.0 Å². The number of hydrogen-bond donors (Lipinski definition) is 2. The van der Waals surface area contributed by atoms with E-state index < -0.39 is 10.1 Å². The highest BCUT2D eigenvalue weighted by Crippen LogP contribution is 2.39. The minimum atomic E-state index is -4.07. The van der Waals surface area contributed by atoms with E-state index in [0.717, 1.165) is 39.2 Å². The molecular weight excluding hydrogens is 314 g/mol. The molecule has 1 aliphatic heterocycles. The zero-order valence-corrected chi connectivity index (χ0v) is 13.7. The summed E-state index contributed by atoms with van der Waals surface area (Å²) in [5, 5.41) is 1.10. The average Bonchev–Trinajstić information content (AvgIpc) is 2.99. The number of aryl methyl sites for hydroxylation is 2. The number of nitrogens with one attached hydrogen (secondary N) is 1. The first-order valence-electron chi connectivity index (χ1n) is 7.44. The van der Waals surface area contributed by atoms with E-state index >= 15 is 0 Å². The molecule has 3 heterocycles. The van der Waals surface area contributed by atoms with E-state index in [1.54, 1.807) is 6.20 Å². The van der Waals surface area contributed by atoms with Crippen LogP contribution in [0.25, 0.3) is 22.3 Å². The normalized spacial score (nSPS) is 17.3. The number of imidazole rings is 1. The van der Waals surface area contributed by atoms with E-state index in [0.29, 0.717) is 6.42 Å². The van der Waals surface area contributed by atoms with Crippen LogP contribution in [-0.2, 0) is 16.5 Å². The van der Waals surface area contributed by atoms with Gasteiger partial charge in [0, 0.05) is 10.9 Å². The van der Waals surface area contributed by atoms with Gasteiger partial charge in [-0.25, -0.2) is 4.98 Å². The lowest BCUT2D eigenvalue weighted by molar-refractivity contribution is 0.453. The molecule has 120 valence electrons. The number of fused-ring (bicyclic) bond motifs is 5. The lowest BCUT2D eigenvalue weighted by Crippen LogP contribution is -2.26. The summed E-state index contributed by atoms with van der Waals surface area (Å²) < 4.78 is 34.1. The van der Waals surface area contributed by atoms with Gasteiger partial charge < -0.3 is 9.55 Å². The Labute approximate surface area is 133 Å². The van der Waals surface area contributed by atoms with Gasteiger partial charge in [0.25, 0.3) is 10.1 Å². The number of benzene rings is 1. The van der Waals surface area contributed by atoms with Crippen LogP contribution < -0.4 is 0 Å². The van der Waals surface area contributed by atoms with E-state index in [-0.39, 0.29) is 11.8 Å². The highest BCUT2D eigenvalue weighted by atomic mass is 32.2. The number of H-pyrrole nitrogens is 1. The summed E-state index contributed by atoms with van der Waals surface area (Å²) in [4.78, 5) is 7.76. The molecule has 0 saturated carbocycles. The van der Waals surface area contributed by atoms with Gasteiger partial charge in [-0.15, -0.1) is 0 Å². The van der Waals surface area contributed by atoms with Crippen molar-refractivity contribution in [1.82, 2.24) is 14.5 Å². The first-order valence-corrected chi connectivity index (χ1v) is 9.05. The Morgan fingerprint density at radius 2 is 2.17 bits per heavy atom. The summed E-state index contributed by atoms with van der Waals surface area (Å²) in [5.41, 5.74) is 5.12. The molecule has 0 amide bonds. The highest BCUT2D eigenvalue weighted by Gasteiger charge is 2.31. The minimum absolute atomic E-state index is 0.310. The molecule has 1 aromatic carbocycles. The van der Waals surface area contributed by atoms with Gasteiger partial charge in [-0.2, -0.15) is 8.42 Å². The third kappa shape index (κ3) is 2.27. The van der Waals surface area contributed by atoms with Crippen molar-refractivity contribution in [2.75, 3.05) is 5.75 Å². The second-order valence-electron chi connectivity index (χ2n) is 6.19.